The van der Waals surface area contributed by atoms with Crippen LogP contribution in [0, 0.1) is 0 Å². The molecule has 2 unspecified atom stereocenters. The van der Waals surface area contributed by atoms with Gasteiger partial charge in [-0.2, -0.15) is 0 Å². The first-order chi connectivity index (χ1) is 3.70. The molecule has 0 bridgehead atoms. The van der Waals surface area contributed by atoms with Gasteiger partial charge in [-0.25, -0.2) is 4.39 Å². The van der Waals surface area contributed by atoms with E-state index in [0.717, 1.165) is 0 Å². The quantitative estimate of drug-likeness (QED) is 0.470. The maximum absolute atomic E-state index is 12.3. The van der Waals surface area contributed by atoms with Crippen molar-refractivity contribution in [2.45, 2.75) is 12.3 Å². The zero-order valence-corrected chi connectivity index (χ0v) is 4.84. The molecule has 1 N–H and O–H groups in total. The van der Waals surface area contributed by atoms with Crippen LogP contribution in [0.1, 0.15) is 0 Å². The Hall–Kier alpha value is -0.150. The smallest absolute Gasteiger partial charge is 0.140 e. The average Bonchev–Trinajstić information content (AvgIpc) is 1.85. The monoisotopic (exact) mass is 119 g/mol. The van der Waals surface area contributed by atoms with E-state index in [-0.39, 0.29) is 0 Å². The maximum atomic E-state index is 12.3. The summed E-state index contributed by atoms with van der Waals surface area (Å²) in [5.41, 5.74) is 0. The fraction of sp³-hybridized carbons (Fsp3) is 1.00. The minimum Gasteiger partial charge on any atom is -0.389 e. The van der Waals surface area contributed by atoms with Crippen molar-refractivity contribution in [2.24, 2.45) is 0 Å². The van der Waals surface area contributed by atoms with Gasteiger partial charge in [0.2, 0.25) is 0 Å². The molecule has 1 saturated heterocycles. The number of likely N-dealkylation sites (tertiary alicyclic amines) is 1. The second kappa shape index (κ2) is 1.99. The van der Waals surface area contributed by atoms with Crippen molar-refractivity contribution >= 4 is 0 Å². The Bertz CT molecular complexity index is 78.5. The molecule has 2 atom stereocenters. The van der Waals surface area contributed by atoms with Gasteiger partial charge in [-0.1, -0.05) is 0 Å². The molecular weight excluding hydrogens is 109 g/mol. The van der Waals surface area contributed by atoms with E-state index in [4.69, 9.17) is 5.11 Å². The molecule has 8 heavy (non-hydrogen) atoms. The van der Waals surface area contributed by atoms with Crippen molar-refractivity contribution in [1.29, 1.82) is 0 Å². The summed E-state index contributed by atoms with van der Waals surface area (Å²) in [5.74, 6) is 0. The van der Waals surface area contributed by atoms with Crippen LogP contribution in [0.4, 0.5) is 4.39 Å². The lowest BCUT2D eigenvalue weighted by Gasteiger charge is -2.01. The highest BCUT2D eigenvalue weighted by Crippen LogP contribution is 2.09. The van der Waals surface area contributed by atoms with Crippen LogP contribution in [0.15, 0.2) is 0 Å². The maximum Gasteiger partial charge on any atom is 0.140 e. The van der Waals surface area contributed by atoms with Crippen molar-refractivity contribution in [3.8, 4) is 0 Å². The first-order valence-corrected chi connectivity index (χ1v) is 2.71. The molecule has 1 rings (SSSR count). The molecule has 0 aromatic carbocycles. The Morgan fingerprint density at radius 1 is 1.62 bits per heavy atom. The Kier molecular flexibility index (Phi) is 1.49. The topological polar surface area (TPSA) is 23.5 Å². The first kappa shape index (κ1) is 5.98. The van der Waals surface area contributed by atoms with E-state index in [2.05, 4.69) is 0 Å². The molecule has 0 aromatic rings. The van der Waals surface area contributed by atoms with E-state index in [0.29, 0.717) is 13.1 Å². The predicted octanol–water partition coefficient (Wildman–Crippen LogP) is -0.369. The Morgan fingerprint density at radius 2 is 2.25 bits per heavy atom. The molecule has 0 aliphatic carbocycles. The number of nitrogens with zero attached hydrogens (tertiary/aromatic N) is 1. The zero-order chi connectivity index (χ0) is 6.15. The normalized spacial score (nSPS) is 40.9. The van der Waals surface area contributed by atoms with Crippen molar-refractivity contribution in [2.75, 3.05) is 20.1 Å². The molecule has 1 heterocycles. The van der Waals surface area contributed by atoms with Crippen LogP contribution in [0.25, 0.3) is 0 Å². The molecule has 48 valence electrons. The van der Waals surface area contributed by atoms with E-state index >= 15 is 0 Å². The van der Waals surface area contributed by atoms with Crippen LogP contribution in [-0.4, -0.2) is 42.4 Å². The number of aliphatic hydroxyl groups excluding tert-OH is 1. The van der Waals surface area contributed by atoms with Crippen molar-refractivity contribution < 1.29 is 9.50 Å². The summed E-state index contributed by atoms with van der Waals surface area (Å²) in [6.07, 6.45) is -1.78. The summed E-state index contributed by atoms with van der Waals surface area (Å²) in [6, 6.07) is 0. The number of likely N-dealkylation sites (N-methyl/N-ethyl adjacent to an activating group) is 1. The molecule has 1 fully saturated rings. The third-order valence-corrected chi connectivity index (χ3v) is 1.40. The summed E-state index contributed by atoms with van der Waals surface area (Å²) in [6.45, 7) is 0.850. The fourth-order valence-electron chi connectivity index (χ4n) is 0.928. The second-order valence-corrected chi connectivity index (χ2v) is 2.30. The summed E-state index contributed by atoms with van der Waals surface area (Å²) >= 11 is 0. The third kappa shape index (κ3) is 0.980. The van der Waals surface area contributed by atoms with Crippen LogP contribution >= 0.6 is 0 Å². The minimum absolute atomic E-state index is 0.376. The van der Waals surface area contributed by atoms with E-state index in [1.807, 2.05) is 0 Å². The van der Waals surface area contributed by atoms with Gasteiger partial charge in [0.15, 0.2) is 0 Å². The zero-order valence-electron chi connectivity index (χ0n) is 4.84. The summed E-state index contributed by atoms with van der Waals surface area (Å²) < 4.78 is 12.3. The summed E-state index contributed by atoms with van der Waals surface area (Å²) in [5, 5.41) is 8.75. The van der Waals surface area contributed by atoms with Gasteiger partial charge in [-0.3, -0.25) is 0 Å². The predicted molar refractivity (Wildman–Crippen MR) is 28.4 cm³/mol. The van der Waals surface area contributed by atoms with Gasteiger partial charge in [-0.05, 0) is 7.05 Å². The molecule has 0 amide bonds. The summed E-state index contributed by atoms with van der Waals surface area (Å²) in [4.78, 5) is 1.77. The van der Waals surface area contributed by atoms with Crippen LogP contribution in [-0.2, 0) is 0 Å². The van der Waals surface area contributed by atoms with Crippen LogP contribution in [0.3, 0.4) is 0 Å². The molecule has 0 aromatic heterocycles. The number of rotatable bonds is 0. The van der Waals surface area contributed by atoms with E-state index in [1.165, 1.54) is 0 Å². The molecule has 0 spiro atoms. The molecule has 0 saturated carbocycles. The molecule has 1 aliphatic rings. The van der Waals surface area contributed by atoms with Crippen molar-refractivity contribution in [3.63, 3.8) is 0 Å². The third-order valence-electron chi connectivity index (χ3n) is 1.40. The highest BCUT2D eigenvalue weighted by Gasteiger charge is 2.28. The van der Waals surface area contributed by atoms with E-state index in [1.54, 1.807) is 11.9 Å². The fourth-order valence-corrected chi connectivity index (χ4v) is 0.928. The van der Waals surface area contributed by atoms with Crippen LogP contribution in [0.5, 0.6) is 0 Å². The van der Waals surface area contributed by atoms with E-state index < -0.39 is 12.3 Å². The van der Waals surface area contributed by atoms with Gasteiger partial charge < -0.3 is 10.0 Å². The highest BCUT2D eigenvalue weighted by atomic mass is 19.1. The number of halogens is 1. The number of aliphatic hydroxyl groups is 1. The number of alkyl halides is 1. The summed E-state index contributed by atoms with van der Waals surface area (Å²) in [7, 11) is 1.79. The van der Waals surface area contributed by atoms with Crippen LogP contribution in [0.2, 0.25) is 0 Å². The van der Waals surface area contributed by atoms with Gasteiger partial charge in [0.25, 0.3) is 0 Å². The van der Waals surface area contributed by atoms with Gasteiger partial charge >= 0.3 is 0 Å². The largest absolute Gasteiger partial charge is 0.389 e. The molecular formula is C5H10FNO. The molecule has 2 nitrogen and oxygen atoms in total. The number of hydrogen-bond donors (Lipinski definition) is 1. The minimum atomic E-state index is -1.03. The van der Waals surface area contributed by atoms with Gasteiger partial charge in [0.05, 0.1) is 6.10 Å². The van der Waals surface area contributed by atoms with Crippen molar-refractivity contribution in [3.05, 3.63) is 0 Å². The van der Waals surface area contributed by atoms with Crippen molar-refractivity contribution in [1.82, 2.24) is 4.90 Å². The number of β-amino-alcohol motifs (C(OH)–C–C–N with tert-alkyl or cyclic N) is 1. The SMILES string of the molecule is CN1CC(O)C(F)C1. The Balaban J connectivity index is 2.39. The Labute approximate surface area is 47.9 Å². The average molecular weight is 119 g/mol. The molecule has 0 radical (unpaired) electrons. The Morgan fingerprint density at radius 3 is 2.38 bits per heavy atom. The second-order valence-electron chi connectivity index (χ2n) is 2.30. The lowest BCUT2D eigenvalue weighted by Crippen LogP contribution is -2.18. The van der Waals surface area contributed by atoms with Gasteiger partial charge in [0.1, 0.15) is 6.17 Å². The molecule has 3 heteroatoms. The highest BCUT2D eigenvalue weighted by molar-refractivity contribution is 4.80. The molecule has 1 aliphatic heterocycles. The lowest BCUT2D eigenvalue weighted by atomic mass is 10.3. The van der Waals surface area contributed by atoms with E-state index in [9.17, 15) is 4.39 Å². The number of hydrogen-bond acceptors (Lipinski definition) is 2. The van der Waals surface area contributed by atoms with Gasteiger partial charge in [-0.15, -0.1) is 0 Å². The lowest BCUT2D eigenvalue weighted by molar-refractivity contribution is 0.116. The van der Waals surface area contributed by atoms with Crippen LogP contribution < -0.4 is 0 Å². The van der Waals surface area contributed by atoms with Gasteiger partial charge in [0, 0.05) is 13.1 Å². The first-order valence-electron chi connectivity index (χ1n) is 2.71. The standard InChI is InChI=1S/C5H10FNO/c1-7-2-4(6)5(8)3-7/h4-5,8H,2-3H2,1H3.